The normalized spacial score (nSPS) is 14.4. The van der Waals surface area contributed by atoms with Crippen molar-refractivity contribution in [3.63, 3.8) is 0 Å². The van der Waals surface area contributed by atoms with E-state index in [0.29, 0.717) is 25.6 Å². The van der Waals surface area contributed by atoms with E-state index in [9.17, 15) is 4.79 Å². The van der Waals surface area contributed by atoms with Gasteiger partial charge in [-0.2, -0.15) is 0 Å². The molecule has 1 aliphatic rings. The number of carbonyl (C=O) groups is 1. The number of hydrogen-bond acceptors (Lipinski definition) is 4. The molecule has 1 aliphatic heterocycles. The Labute approximate surface area is 146 Å². The zero-order valence-electron chi connectivity index (χ0n) is 14.1. The fraction of sp³-hybridized carbons (Fsp3) is 0.250. The maximum Gasteiger partial charge on any atom is 0.410 e. The predicted molar refractivity (Wildman–Crippen MR) is 95.2 cm³/mol. The Morgan fingerprint density at radius 1 is 1.16 bits per heavy atom. The lowest BCUT2D eigenvalue weighted by Crippen LogP contribution is -2.48. The van der Waals surface area contributed by atoms with Crippen LogP contribution in [-0.4, -0.2) is 34.1 Å². The number of carbonyl (C=O) groups excluding carboxylic acids is 1. The number of fused-ring (bicyclic) bond motifs is 1. The van der Waals surface area contributed by atoms with Crippen molar-refractivity contribution in [2.24, 2.45) is 0 Å². The van der Waals surface area contributed by atoms with Gasteiger partial charge in [0, 0.05) is 31.4 Å². The fourth-order valence-electron chi connectivity index (χ4n) is 3.16. The SMILES string of the molecule is Cc1cc(C2CN(C(=O)OCc3ccccc3)C2)cc2nccnc12. The van der Waals surface area contributed by atoms with Crippen LogP contribution < -0.4 is 0 Å². The van der Waals surface area contributed by atoms with E-state index < -0.39 is 0 Å². The van der Waals surface area contributed by atoms with Gasteiger partial charge in [-0.15, -0.1) is 0 Å². The highest BCUT2D eigenvalue weighted by Crippen LogP contribution is 2.30. The van der Waals surface area contributed by atoms with Gasteiger partial charge < -0.3 is 9.64 Å². The standard InChI is InChI=1S/C20H19N3O2/c1-14-9-16(10-18-19(14)22-8-7-21-18)17-11-23(12-17)20(24)25-13-15-5-3-2-4-6-15/h2-10,17H,11-13H2,1H3. The second-order valence-electron chi connectivity index (χ2n) is 6.40. The summed E-state index contributed by atoms with van der Waals surface area (Å²) in [5.74, 6) is 0.328. The molecule has 5 heteroatoms. The van der Waals surface area contributed by atoms with Crippen LogP contribution in [0, 0.1) is 6.92 Å². The first-order valence-electron chi connectivity index (χ1n) is 8.37. The molecule has 2 heterocycles. The first-order chi connectivity index (χ1) is 12.2. The third-order valence-corrected chi connectivity index (χ3v) is 4.60. The molecule has 25 heavy (non-hydrogen) atoms. The number of rotatable bonds is 3. The zero-order valence-corrected chi connectivity index (χ0v) is 14.1. The number of likely N-dealkylation sites (tertiary alicyclic amines) is 1. The Morgan fingerprint density at radius 3 is 2.72 bits per heavy atom. The molecule has 1 saturated heterocycles. The molecule has 2 aromatic carbocycles. The Morgan fingerprint density at radius 2 is 1.92 bits per heavy atom. The van der Waals surface area contributed by atoms with Crippen molar-refractivity contribution in [1.82, 2.24) is 14.9 Å². The van der Waals surface area contributed by atoms with E-state index in [4.69, 9.17) is 4.74 Å². The molecule has 0 saturated carbocycles. The van der Waals surface area contributed by atoms with Crippen LogP contribution in [0.25, 0.3) is 11.0 Å². The molecule has 1 amide bonds. The Balaban J connectivity index is 1.38. The van der Waals surface area contributed by atoms with Crippen molar-refractivity contribution in [1.29, 1.82) is 0 Å². The average molecular weight is 333 g/mol. The predicted octanol–water partition coefficient (Wildman–Crippen LogP) is 3.67. The number of ether oxygens (including phenoxy) is 1. The lowest BCUT2D eigenvalue weighted by atomic mass is 9.90. The van der Waals surface area contributed by atoms with Gasteiger partial charge in [0.2, 0.25) is 0 Å². The average Bonchev–Trinajstić information content (AvgIpc) is 2.60. The summed E-state index contributed by atoms with van der Waals surface area (Å²) in [6.07, 6.45) is 3.17. The van der Waals surface area contributed by atoms with E-state index in [-0.39, 0.29) is 6.09 Å². The quantitative estimate of drug-likeness (QED) is 0.734. The summed E-state index contributed by atoms with van der Waals surface area (Å²) in [4.78, 5) is 22.6. The van der Waals surface area contributed by atoms with Gasteiger partial charge >= 0.3 is 6.09 Å². The number of benzene rings is 2. The molecule has 4 rings (SSSR count). The van der Waals surface area contributed by atoms with E-state index >= 15 is 0 Å². The Kier molecular flexibility index (Phi) is 4.06. The summed E-state index contributed by atoms with van der Waals surface area (Å²) in [5, 5.41) is 0. The molecule has 5 nitrogen and oxygen atoms in total. The molecular formula is C20H19N3O2. The van der Waals surface area contributed by atoms with Crippen LogP contribution in [0.1, 0.15) is 22.6 Å². The second kappa shape index (κ2) is 6.51. The first kappa shape index (κ1) is 15.6. The van der Waals surface area contributed by atoms with E-state index in [2.05, 4.69) is 22.1 Å². The molecule has 0 bridgehead atoms. The summed E-state index contributed by atoms with van der Waals surface area (Å²) >= 11 is 0. The molecule has 0 aliphatic carbocycles. The van der Waals surface area contributed by atoms with Gasteiger partial charge in [0.1, 0.15) is 6.61 Å². The zero-order chi connectivity index (χ0) is 17.2. The summed E-state index contributed by atoms with van der Waals surface area (Å²) in [7, 11) is 0. The summed E-state index contributed by atoms with van der Waals surface area (Å²) in [6.45, 7) is 3.72. The monoisotopic (exact) mass is 333 g/mol. The van der Waals surface area contributed by atoms with E-state index in [0.717, 1.165) is 22.2 Å². The highest BCUT2D eigenvalue weighted by atomic mass is 16.6. The topological polar surface area (TPSA) is 55.3 Å². The van der Waals surface area contributed by atoms with Gasteiger partial charge in [-0.25, -0.2) is 4.79 Å². The minimum absolute atomic E-state index is 0.252. The third-order valence-electron chi connectivity index (χ3n) is 4.60. The molecule has 126 valence electrons. The number of aromatic nitrogens is 2. The summed E-state index contributed by atoms with van der Waals surface area (Å²) < 4.78 is 5.37. The highest BCUT2D eigenvalue weighted by molar-refractivity contribution is 5.78. The van der Waals surface area contributed by atoms with Crippen molar-refractivity contribution in [3.05, 3.63) is 71.5 Å². The van der Waals surface area contributed by atoms with Gasteiger partial charge in [0.15, 0.2) is 0 Å². The maximum atomic E-state index is 12.1. The molecule has 0 N–H and O–H groups in total. The molecule has 0 atom stereocenters. The number of aryl methyl sites for hydroxylation is 1. The van der Waals surface area contributed by atoms with Gasteiger partial charge in [-0.1, -0.05) is 36.4 Å². The number of hydrogen-bond donors (Lipinski definition) is 0. The molecule has 1 fully saturated rings. The van der Waals surface area contributed by atoms with Crippen molar-refractivity contribution >= 4 is 17.1 Å². The number of amides is 1. The van der Waals surface area contributed by atoms with Crippen LogP contribution in [-0.2, 0) is 11.3 Å². The Bertz CT molecular complexity index is 905. The minimum Gasteiger partial charge on any atom is -0.445 e. The fourth-order valence-corrected chi connectivity index (χ4v) is 3.16. The van der Waals surface area contributed by atoms with Crippen molar-refractivity contribution in [2.75, 3.05) is 13.1 Å². The van der Waals surface area contributed by atoms with Crippen LogP contribution in [0.2, 0.25) is 0 Å². The van der Waals surface area contributed by atoms with Crippen molar-refractivity contribution in [3.8, 4) is 0 Å². The minimum atomic E-state index is -0.252. The smallest absolute Gasteiger partial charge is 0.410 e. The summed E-state index contributed by atoms with van der Waals surface area (Å²) in [6, 6.07) is 13.9. The van der Waals surface area contributed by atoms with E-state index in [1.165, 1.54) is 5.56 Å². The first-order valence-corrected chi connectivity index (χ1v) is 8.37. The Hall–Kier alpha value is -2.95. The van der Waals surface area contributed by atoms with Gasteiger partial charge in [-0.05, 0) is 29.7 Å². The van der Waals surface area contributed by atoms with E-state index in [1.807, 2.05) is 37.3 Å². The van der Waals surface area contributed by atoms with E-state index in [1.54, 1.807) is 17.3 Å². The van der Waals surface area contributed by atoms with Gasteiger partial charge in [-0.3, -0.25) is 9.97 Å². The third kappa shape index (κ3) is 3.18. The lowest BCUT2D eigenvalue weighted by molar-refractivity contribution is 0.0664. The van der Waals surface area contributed by atoms with Crippen molar-refractivity contribution in [2.45, 2.75) is 19.4 Å². The van der Waals surface area contributed by atoms with Crippen LogP contribution in [0.3, 0.4) is 0 Å². The summed E-state index contributed by atoms with van der Waals surface area (Å²) in [5.41, 5.74) is 5.16. The van der Waals surface area contributed by atoms with Gasteiger partial charge in [0.25, 0.3) is 0 Å². The molecule has 1 aromatic heterocycles. The maximum absolute atomic E-state index is 12.1. The molecular weight excluding hydrogens is 314 g/mol. The van der Waals surface area contributed by atoms with Crippen molar-refractivity contribution < 1.29 is 9.53 Å². The van der Waals surface area contributed by atoms with Crippen LogP contribution in [0.5, 0.6) is 0 Å². The van der Waals surface area contributed by atoms with Crippen LogP contribution in [0.15, 0.2) is 54.9 Å². The highest BCUT2D eigenvalue weighted by Gasteiger charge is 2.33. The van der Waals surface area contributed by atoms with Gasteiger partial charge in [0.05, 0.1) is 11.0 Å². The molecule has 0 spiro atoms. The molecule has 0 unspecified atom stereocenters. The van der Waals surface area contributed by atoms with Crippen LogP contribution >= 0.6 is 0 Å². The number of nitrogens with zero attached hydrogens (tertiary/aromatic N) is 3. The lowest BCUT2D eigenvalue weighted by Gasteiger charge is -2.38. The molecule has 3 aromatic rings. The van der Waals surface area contributed by atoms with Crippen LogP contribution in [0.4, 0.5) is 4.79 Å². The largest absolute Gasteiger partial charge is 0.445 e. The molecule has 0 radical (unpaired) electrons. The second-order valence-corrected chi connectivity index (χ2v) is 6.40.